The van der Waals surface area contributed by atoms with E-state index in [2.05, 4.69) is 27.5 Å². The molecule has 0 amide bonds. The maximum absolute atomic E-state index is 11.0. The molecule has 0 aliphatic rings. The number of hydrogen-bond donors (Lipinski definition) is 1. The van der Waals surface area contributed by atoms with E-state index >= 15 is 0 Å². The molecule has 0 spiro atoms. The van der Waals surface area contributed by atoms with Gasteiger partial charge in [0.25, 0.3) is 0 Å². The zero-order valence-electron chi connectivity index (χ0n) is 9.77. The van der Waals surface area contributed by atoms with Crippen LogP contribution in [0, 0.1) is 3.57 Å². The third-order valence-corrected chi connectivity index (χ3v) is 3.09. The van der Waals surface area contributed by atoms with Crippen molar-refractivity contribution < 1.29 is 9.90 Å². The molecule has 90 valence electrons. The summed E-state index contributed by atoms with van der Waals surface area (Å²) in [4.78, 5) is 13.1. The van der Waals surface area contributed by atoms with Gasteiger partial charge in [0.15, 0.2) is 0 Å². The van der Waals surface area contributed by atoms with Crippen LogP contribution in [-0.4, -0.2) is 41.2 Å². The third kappa shape index (κ3) is 3.48. The highest BCUT2D eigenvalue weighted by atomic mass is 127. The molecule has 1 aromatic heterocycles. The molecule has 0 bridgehead atoms. The predicted octanol–water partition coefficient (Wildman–Crippen LogP) is 2.30. The Balaban J connectivity index is 2.81. The van der Waals surface area contributed by atoms with Crippen LogP contribution in [0.3, 0.4) is 0 Å². The van der Waals surface area contributed by atoms with Gasteiger partial charge in [-0.2, -0.15) is 0 Å². The first-order chi connectivity index (χ1) is 7.41. The number of carboxylic acid groups (broad SMARTS) is 1. The largest absolute Gasteiger partial charge is 0.477 e. The van der Waals surface area contributed by atoms with E-state index in [0.29, 0.717) is 5.69 Å². The van der Waals surface area contributed by atoms with E-state index in [4.69, 9.17) is 5.11 Å². The van der Waals surface area contributed by atoms with E-state index in [1.54, 1.807) is 6.07 Å². The van der Waals surface area contributed by atoms with Gasteiger partial charge < -0.3 is 14.6 Å². The molecule has 1 N–H and O–H groups in total. The number of hydrogen-bond acceptors (Lipinski definition) is 2. The number of nitrogens with zero attached hydrogens (tertiary/aromatic N) is 2. The van der Waals surface area contributed by atoms with Crippen molar-refractivity contribution >= 4 is 28.6 Å². The van der Waals surface area contributed by atoms with E-state index in [9.17, 15) is 4.79 Å². The predicted molar refractivity (Wildman–Crippen MR) is 72.0 cm³/mol. The number of carbonyl (C=O) groups is 1. The van der Waals surface area contributed by atoms with Crippen molar-refractivity contribution in [3.63, 3.8) is 0 Å². The second kappa shape index (κ2) is 5.67. The number of halogens is 1. The first kappa shape index (κ1) is 13.5. The fraction of sp³-hybridized carbons (Fsp3) is 0.545. The molecule has 0 aliphatic heterocycles. The molecule has 0 radical (unpaired) electrons. The molecular weight excluding hydrogens is 319 g/mol. The minimum absolute atomic E-state index is 0.206. The summed E-state index contributed by atoms with van der Waals surface area (Å²) in [7, 11) is 4.04. The maximum Gasteiger partial charge on any atom is 0.352 e. The standard InChI is InChI=1S/C11H17IN2O2/c1-8(4-5-13(2)3)14-7-9(12)6-10(14)11(15)16/h6-8H,4-5H2,1-3H3,(H,15,16). The van der Waals surface area contributed by atoms with E-state index < -0.39 is 5.97 Å². The van der Waals surface area contributed by atoms with Gasteiger partial charge in [0.05, 0.1) is 0 Å². The van der Waals surface area contributed by atoms with Crippen LogP contribution in [-0.2, 0) is 0 Å². The molecule has 5 heteroatoms. The Morgan fingerprint density at radius 1 is 1.62 bits per heavy atom. The Morgan fingerprint density at radius 2 is 2.25 bits per heavy atom. The molecule has 1 heterocycles. The van der Waals surface area contributed by atoms with Gasteiger partial charge in [0.2, 0.25) is 0 Å². The minimum Gasteiger partial charge on any atom is -0.477 e. The SMILES string of the molecule is CC(CCN(C)C)n1cc(I)cc1C(=O)O. The fourth-order valence-electron chi connectivity index (χ4n) is 1.57. The highest BCUT2D eigenvalue weighted by Gasteiger charge is 2.15. The topological polar surface area (TPSA) is 45.5 Å². The second-order valence-electron chi connectivity index (χ2n) is 4.20. The molecule has 1 atom stereocenters. The summed E-state index contributed by atoms with van der Waals surface area (Å²) in [6.45, 7) is 3.00. The summed E-state index contributed by atoms with van der Waals surface area (Å²) in [5.41, 5.74) is 0.371. The van der Waals surface area contributed by atoms with Crippen LogP contribution in [0.15, 0.2) is 12.3 Å². The van der Waals surface area contributed by atoms with Gasteiger partial charge in [-0.05, 0) is 62.6 Å². The summed E-state index contributed by atoms with van der Waals surface area (Å²) in [6, 6.07) is 1.91. The van der Waals surface area contributed by atoms with E-state index in [-0.39, 0.29) is 6.04 Å². The van der Waals surface area contributed by atoms with Gasteiger partial charge in [0.1, 0.15) is 5.69 Å². The fourth-order valence-corrected chi connectivity index (χ4v) is 2.16. The normalized spacial score (nSPS) is 13.1. The summed E-state index contributed by atoms with van der Waals surface area (Å²) < 4.78 is 2.81. The van der Waals surface area contributed by atoms with Crippen LogP contribution >= 0.6 is 22.6 Å². The van der Waals surface area contributed by atoms with Gasteiger partial charge in [-0.15, -0.1) is 0 Å². The monoisotopic (exact) mass is 336 g/mol. The van der Waals surface area contributed by atoms with Gasteiger partial charge in [-0.25, -0.2) is 4.79 Å². The zero-order chi connectivity index (χ0) is 12.3. The van der Waals surface area contributed by atoms with E-state index in [1.165, 1.54) is 0 Å². The van der Waals surface area contributed by atoms with Crippen LogP contribution in [0.25, 0.3) is 0 Å². The molecule has 0 saturated carbocycles. The Hall–Kier alpha value is -0.560. The average Bonchev–Trinajstić information content (AvgIpc) is 2.56. The lowest BCUT2D eigenvalue weighted by Crippen LogP contribution is -2.19. The van der Waals surface area contributed by atoms with Crippen LogP contribution in [0.1, 0.15) is 29.9 Å². The molecule has 0 aliphatic carbocycles. The van der Waals surface area contributed by atoms with Crippen molar-refractivity contribution in [3.05, 3.63) is 21.5 Å². The second-order valence-corrected chi connectivity index (χ2v) is 5.44. The van der Waals surface area contributed by atoms with Crippen molar-refractivity contribution in [2.45, 2.75) is 19.4 Å². The third-order valence-electron chi connectivity index (χ3n) is 2.50. The molecule has 16 heavy (non-hydrogen) atoms. The highest BCUT2D eigenvalue weighted by Crippen LogP contribution is 2.19. The molecule has 0 saturated heterocycles. The quantitative estimate of drug-likeness (QED) is 0.840. The number of carboxylic acids is 1. The molecule has 1 rings (SSSR count). The van der Waals surface area contributed by atoms with Gasteiger partial charge in [0, 0.05) is 15.8 Å². The summed E-state index contributed by atoms with van der Waals surface area (Å²) in [6.07, 6.45) is 2.84. The van der Waals surface area contributed by atoms with E-state index in [1.807, 2.05) is 31.8 Å². The van der Waals surface area contributed by atoms with Gasteiger partial charge >= 0.3 is 5.97 Å². The van der Waals surface area contributed by atoms with Crippen molar-refractivity contribution in [1.29, 1.82) is 0 Å². The van der Waals surface area contributed by atoms with Crippen LogP contribution in [0.2, 0.25) is 0 Å². The minimum atomic E-state index is -0.861. The molecule has 1 unspecified atom stereocenters. The Morgan fingerprint density at radius 3 is 2.75 bits per heavy atom. The lowest BCUT2D eigenvalue weighted by atomic mass is 10.2. The van der Waals surface area contributed by atoms with Crippen molar-refractivity contribution in [1.82, 2.24) is 9.47 Å². The van der Waals surface area contributed by atoms with Gasteiger partial charge in [-0.3, -0.25) is 0 Å². The van der Waals surface area contributed by atoms with Crippen LogP contribution in [0.5, 0.6) is 0 Å². The van der Waals surface area contributed by atoms with Gasteiger partial charge in [-0.1, -0.05) is 0 Å². The Labute approximate surface area is 109 Å². The number of aromatic nitrogens is 1. The highest BCUT2D eigenvalue weighted by molar-refractivity contribution is 14.1. The van der Waals surface area contributed by atoms with Crippen molar-refractivity contribution in [2.24, 2.45) is 0 Å². The molecule has 0 aromatic carbocycles. The first-order valence-electron chi connectivity index (χ1n) is 5.17. The van der Waals surface area contributed by atoms with E-state index in [0.717, 1.165) is 16.5 Å². The lowest BCUT2D eigenvalue weighted by Gasteiger charge is -2.18. The first-order valence-corrected chi connectivity index (χ1v) is 6.25. The van der Waals surface area contributed by atoms with Crippen LogP contribution in [0.4, 0.5) is 0 Å². The van der Waals surface area contributed by atoms with Crippen molar-refractivity contribution in [3.8, 4) is 0 Å². The number of aromatic carboxylic acids is 1. The average molecular weight is 336 g/mol. The summed E-state index contributed by atoms with van der Waals surface area (Å²) >= 11 is 2.14. The summed E-state index contributed by atoms with van der Waals surface area (Å²) in [5, 5.41) is 9.07. The molecule has 4 nitrogen and oxygen atoms in total. The number of rotatable bonds is 5. The Kier molecular flexibility index (Phi) is 4.79. The summed E-state index contributed by atoms with van der Waals surface area (Å²) in [5.74, 6) is -0.861. The smallest absolute Gasteiger partial charge is 0.352 e. The molecule has 0 fully saturated rings. The molecule has 1 aromatic rings. The Bertz CT molecular complexity index is 374. The molecular formula is C11H17IN2O2. The lowest BCUT2D eigenvalue weighted by molar-refractivity contribution is 0.0682. The maximum atomic E-state index is 11.0. The van der Waals surface area contributed by atoms with Crippen molar-refractivity contribution in [2.75, 3.05) is 20.6 Å². The van der Waals surface area contributed by atoms with Crippen LogP contribution < -0.4 is 0 Å². The zero-order valence-corrected chi connectivity index (χ0v) is 11.9.